The van der Waals surface area contributed by atoms with Crippen molar-refractivity contribution in [2.45, 2.75) is 39.2 Å². The number of nitrogens with one attached hydrogen (secondary N) is 1. The number of halogens is 1. The van der Waals surface area contributed by atoms with E-state index >= 15 is 0 Å². The number of hydrogen-bond acceptors (Lipinski definition) is 4. The van der Waals surface area contributed by atoms with Crippen LogP contribution in [0.3, 0.4) is 0 Å². The van der Waals surface area contributed by atoms with Crippen LogP contribution in [0, 0.1) is 0 Å². The molecule has 0 saturated heterocycles. The zero-order valence-corrected chi connectivity index (χ0v) is 14.5. The van der Waals surface area contributed by atoms with E-state index in [1.165, 1.54) is 0 Å². The average molecular weight is 360 g/mol. The van der Waals surface area contributed by atoms with Crippen molar-refractivity contribution >= 4 is 15.9 Å². The first-order valence-electron chi connectivity index (χ1n) is 7.53. The molecular formula is C16H26BrNO3. The van der Waals surface area contributed by atoms with Crippen LogP contribution < -0.4 is 14.8 Å². The van der Waals surface area contributed by atoms with Crippen LogP contribution in [-0.2, 0) is 6.54 Å². The van der Waals surface area contributed by atoms with Crippen molar-refractivity contribution in [3.8, 4) is 11.5 Å². The lowest BCUT2D eigenvalue weighted by Gasteiger charge is -2.16. The van der Waals surface area contributed by atoms with Gasteiger partial charge in [-0.15, -0.1) is 0 Å². The Morgan fingerprint density at radius 2 is 2.05 bits per heavy atom. The molecule has 0 bridgehead atoms. The minimum atomic E-state index is 0.276. The Balaban J connectivity index is 2.63. The molecule has 0 amide bonds. The van der Waals surface area contributed by atoms with Crippen LogP contribution >= 0.6 is 15.9 Å². The second-order valence-electron chi connectivity index (χ2n) is 4.91. The van der Waals surface area contributed by atoms with Crippen LogP contribution in [0.1, 0.15) is 38.2 Å². The Labute approximate surface area is 136 Å². The highest BCUT2D eigenvalue weighted by atomic mass is 79.9. The number of hydrogen-bond donors (Lipinski definition) is 2. The zero-order valence-electron chi connectivity index (χ0n) is 13.0. The molecule has 0 aliphatic carbocycles. The van der Waals surface area contributed by atoms with Crippen molar-refractivity contribution < 1.29 is 14.6 Å². The number of ether oxygens (including phenoxy) is 2. The van der Waals surface area contributed by atoms with E-state index in [9.17, 15) is 0 Å². The first-order valence-corrected chi connectivity index (χ1v) is 8.33. The van der Waals surface area contributed by atoms with Gasteiger partial charge in [0.25, 0.3) is 0 Å². The van der Waals surface area contributed by atoms with Crippen LogP contribution in [0.4, 0.5) is 0 Å². The molecule has 1 rings (SSSR count). The van der Waals surface area contributed by atoms with Crippen molar-refractivity contribution in [1.82, 2.24) is 5.32 Å². The molecule has 0 aliphatic heterocycles. The first-order chi connectivity index (χ1) is 10.2. The molecule has 0 heterocycles. The lowest BCUT2D eigenvalue weighted by molar-refractivity contribution is 0.282. The highest BCUT2D eigenvalue weighted by molar-refractivity contribution is 9.10. The molecule has 2 N–H and O–H groups in total. The fourth-order valence-corrected chi connectivity index (χ4v) is 2.52. The normalized spacial score (nSPS) is 10.7. The molecule has 120 valence electrons. The number of benzene rings is 1. The topological polar surface area (TPSA) is 50.7 Å². The van der Waals surface area contributed by atoms with E-state index in [2.05, 4.69) is 34.2 Å². The molecule has 0 unspecified atom stereocenters. The van der Waals surface area contributed by atoms with E-state index in [1.54, 1.807) is 7.11 Å². The molecule has 0 fully saturated rings. The SMILES string of the molecule is CCCOc1c(CNCCCCCO)cc(Br)cc1OC. The summed E-state index contributed by atoms with van der Waals surface area (Å²) in [4.78, 5) is 0. The summed E-state index contributed by atoms with van der Waals surface area (Å²) < 4.78 is 12.2. The summed E-state index contributed by atoms with van der Waals surface area (Å²) in [6, 6.07) is 3.99. The summed E-state index contributed by atoms with van der Waals surface area (Å²) >= 11 is 3.51. The Hall–Kier alpha value is -0.780. The molecule has 0 saturated carbocycles. The smallest absolute Gasteiger partial charge is 0.165 e. The molecule has 0 atom stereocenters. The predicted molar refractivity (Wildman–Crippen MR) is 89.1 cm³/mol. The summed E-state index contributed by atoms with van der Waals surface area (Å²) in [5, 5.41) is 12.2. The minimum absolute atomic E-state index is 0.276. The van der Waals surface area contributed by atoms with Gasteiger partial charge in [0.05, 0.1) is 13.7 Å². The lowest BCUT2D eigenvalue weighted by Crippen LogP contribution is -2.16. The minimum Gasteiger partial charge on any atom is -0.493 e. The molecule has 0 aliphatic rings. The zero-order chi connectivity index (χ0) is 15.5. The van der Waals surface area contributed by atoms with Gasteiger partial charge in [-0.1, -0.05) is 22.9 Å². The third-order valence-corrected chi connectivity index (χ3v) is 3.55. The van der Waals surface area contributed by atoms with Crippen molar-refractivity contribution in [2.24, 2.45) is 0 Å². The molecule has 0 spiro atoms. The maximum absolute atomic E-state index is 8.75. The molecule has 0 aromatic heterocycles. The number of methoxy groups -OCH3 is 1. The fraction of sp³-hybridized carbons (Fsp3) is 0.625. The summed E-state index contributed by atoms with van der Waals surface area (Å²) in [6.07, 6.45) is 3.95. The summed E-state index contributed by atoms with van der Waals surface area (Å²) in [5.41, 5.74) is 1.09. The number of aliphatic hydroxyl groups excluding tert-OH is 1. The highest BCUT2D eigenvalue weighted by Gasteiger charge is 2.12. The van der Waals surface area contributed by atoms with Crippen LogP contribution in [0.2, 0.25) is 0 Å². The van der Waals surface area contributed by atoms with Gasteiger partial charge in [-0.2, -0.15) is 0 Å². The van der Waals surface area contributed by atoms with Gasteiger partial charge in [-0.05, 0) is 44.4 Å². The molecule has 0 radical (unpaired) electrons. The number of rotatable bonds is 11. The molecule has 4 nitrogen and oxygen atoms in total. The molecule has 1 aromatic rings. The third kappa shape index (κ3) is 6.68. The maximum Gasteiger partial charge on any atom is 0.165 e. The van der Waals surface area contributed by atoms with Gasteiger partial charge < -0.3 is 19.9 Å². The molecular weight excluding hydrogens is 334 g/mol. The number of unbranched alkanes of at least 4 members (excludes halogenated alkanes) is 2. The van der Waals surface area contributed by atoms with E-state index in [-0.39, 0.29) is 6.61 Å². The van der Waals surface area contributed by atoms with Crippen LogP contribution in [0.15, 0.2) is 16.6 Å². The maximum atomic E-state index is 8.75. The van der Waals surface area contributed by atoms with E-state index in [1.807, 2.05) is 6.07 Å². The number of aliphatic hydroxyl groups is 1. The van der Waals surface area contributed by atoms with E-state index in [0.29, 0.717) is 6.61 Å². The first kappa shape index (κ1) is 18.3. The predicted octanol–water partition coefficient (Wildman–Crippen LogP) is 3.50. The van der Waals surface area contributed by atoms with Gasteiger partial charge in [-0.25, -0.2) is 0 Å². The van der Waals surface area contributed by atoms with Crippen molar-refractivity contribution in [1.29, 1.82) is 0 Å². The third-order valence-electron chi connectivity index (χ3n) is 3.09. The van der Waals surface area contributed by atoms with Crippen molar-refractivity contribution in [3.63, 3.8) is 0 Å². The Kier molecular flexibility index (Phi) is 9.46. The summed E-state index contributed by atoms with van der Waals surface area (Å²) in [6.45, 7) is 4.72. The van der Waals surface area contributed by atoms with Gasteiger partial charge >= 0.3 is 0 Å². The van der Waals surface area contributed by atoms with Crippen molar-refractivity contribution in [3.05, 3.63) is 22.2 Å². The van der Waals surface area contributed by atoms with Gasteiger partial charge in [0.15, 0.2) is 11.5 Å². The fourth-order valence-electron chi connectivity index (χ4n) is 2.04. The summed E-state index contributed by atoms with van der Waals surface area (Å²) in [7, 11) is 1.66. The Morgan fingerprint density at radius 1 is 1.24 bits per heavy atom. The van der Waals surface area contributed by atoms with E-state index < -0.39 is 0 Å². The summed E-state index contributed by atoms with van der Waals surface area (Å²) in [5.74, 6) is 1.58. The van der Waals surface area contributed by atoms with Crippen LogP contribution in [0.25, 0.3) is 0 Å². The highest BCUT2D eigenvalue weighted by Crippen LogP contribution is 2.35. The Morgan fingerprint density at radius 3 is 2.71 bits per heavy atom. The van der Waals surface area contributed by atoms with Crippen LogP contribution in [-0.4, -0.2) is 32.0 Å². The van der Waals surface area contributed by atoms with E-state index in [0.717, 1.165) is 60.3 Å². The van der Waals surface area contributed by atoms with Crippen LogP contribution in [0.5, 0.6) is 11.5 Å². The average Bonchev–Trinajstić information content (AvgIpc) is 2.49. The second-order valence-corrected chi connectivity index (χ2v) is 5.82. The van der Waals surface area contributed by atoms with Crippen molar-refractivity contribution in [2.75, 3.05) is 26.9 Å². The Bertz CT molecular complexity index is 413. The quantitative estimate of drug-likeness (QED) is 0.593. The van der Waals surface area contributed by atoms with Gasteiger partial charge in [0, 0.05) is 23.2 Å². The standard InChI is InChI=1S/C16H26BrNO3/c1-3-9-21-16-13(10-14(17)11-15(16)20-2)12-18-7-5-4-6-8-19/h10-11,18-19H,3-9,12H2,1-2H3. The van der Waals surface area contributed by atoms with Gasteiger partial charge in [0.1, 0.15) is 0 Å². The monoisotopic (exact) mass is 359 g/mol. The van der Waals surface area contributed by atoms with Gasteiger partial charge in [0.2, 0.25) is 0 Å². The molecule has 21 heavy (non-hydrogen) atoms. The van der Waals surface area contributed by atoms with Gasteiger partial charge in [-0.3, -0.25) is 0 Å². The largest absolute Gasteiger partial charge is 0.493 e. The molecule has 5 heteroatoms. The lowest BCUT2D eigenvalue weighted by atomic mass is 10.1. The van der Waals surface area contributed by atoms with E-state index in [4.69, 9.17) is 14.6 Å². The second kappa shape index (κ2) is 10.9. The molecule has 1 aromatic carbocycles.